The number of carbonyl (C=O) groups excluding carboxylic acids is 2. The number of piperazine rings is 1. The van der Waals surface area contributed by atoms with E-state index in [1.807, 2.05) is 6.92 Å². The molecule has 0 aromatic carbocycles. The van der Waals surface area contributed by atoms with E-state index in [9.17, 15) is 9.59 Å². The van der Waals surface area contributed by atoms with Crippen molar-refractivity contribution in [1.82, 2.24) is 10.2 Å². The van der Waals surface area contributed by atoms with Crippen LogP contribution in [-0.4, -0.2) is 35.3 Å². The zero-order valence-corrected chi connectivity index (χ0v) is 11.5. The quantitative estimate of drug-likeness (QED) is 0.579. The number of hydrogen-bond donors (Lipinski definition) is 1. The third kappa shape index (κ3) is 3.09. The molecule has 1 saturated heterocycles. The molecule has 2 rings (SSSR count). The second-order valence-corrected chi connectivity index (χ2v) is 5.44. The van der Waals surface area contributed by atoms with Gasteiger partial charge >= 0.3 is 0 Å². The van der Waals surface area contributed by atoms with Gasteiger partial charge in [-0.05, 0) is 38.0 Å². The van der Waals surface area contributed by atoms with Crippen LogP contribution in [0.25, 0.3) is 0 Å². The van der Waals surface area contributed by atoms with E-state index in [0.717, 1.165) is 32.1 Å². The van der Waals surface area contributed by atoms with Crippen molar-refractivity contribution in [1.29, 1.82) is 0 Å². The van der Waals surface area contributed by atoms with Gasteiger partial charge in [-0.1, -0.05) is 6.92 Å². The summed E-state index contributed by atoms with van der Waals surface area (Å²) in [5, 5.41) is 2.90. The third-order valence-electron chi connectivity index (χ3n) is 3.98. The summed E-state index contributed by atoms with van der Waals surface area (Å²) in [6, 6.07) is -0.573. The van der Waals surface area contributed by atoms with Crippen LogP contribution in [0.1, 0.15) is 45.4 Å². The summed E-state index contributed by atoms with van der Waals surface area (Å²) < 4.78 is 0. The molecule has 0 radical (unpaired) electrons. The van der Waals surface area contributed by atoms with E-state index < -0.39 is 0 Å². The zero-order valence-electron chi connectivity index (χ0n) is 11.5. The lowest BCUT2D eigenvalue weighted by Gasteiger charge is -2.39. The minimum absolute atomic E-state index is 0.0101. The molecule has 0 aromatic rings. The van der Waals surface area contributed by atoms with Crippen molar-refractivity contribution in [3.05, 3.63) is 0 Å². The summed E-state index contributed by atoms with van der Waals surface area (Å²) in [6.07, 6.45) is 10.5. The molecular formula is C15H22N2O2. The number of rotatable bonds is 6. The molecule has 2 atom stereocenters. The number of hydrogen-bond acceptors (Lipinski definition) is 2. The Hall–Kier alpha value is -1.50. The SMILES string of the molecule is C#CCCCCN1C(=O)C(C2CC2)NC(=O)C1CC. The molecule has 1 aliphatic heterocycles. The fraction of sp³-hybridized carbons (Fsp3) is 0.733. The Labute approximate surface area is 114 Å². The smallest absolute Gasteiger partial charge is 0.246 e. The first-order valence-corrected chi connectivity index (χ1v) is 7.23. The number of nitrogens with one attached hydrogen (secondary N) is 1. The highest BCUT2D eigenvalue weighted by atomic mass is 16.2. The molecule has 4 heteroatoms. The van der Waals surface area contributed by atoms with Crippen LogP contribution in [-0.2, 0) is 9.59 Å². The first-order valence-electron chi connectivity index (χ1n) is 7.23. The van der Waals surface area contributed by atoms with Crippen LogP contribution >= 0.6 is 0 Å². The molecule has 0 aromatic heterocycles. The van der Waals surface area contributed by atoms with Crippen LogP contribution in [0.2, 0.25) is 0 Å². The predicted octanol–water partition coefficient (Wildman–Crippen LogP) is 1.31. The maximum absolute atomic E-state index is 12.5. The maximum atomic E-state index is 12.5. The van der Waals surface area contributed by atoms with Gasteiger partial charge in [-0.3, -0.25) is 9.59 Å². The number of terminal acetylenes is 1. The van der Waals surface area contributed by atoms with Gasteiger partial charge in [0.05, 0.1) is 0 Å². The molecule has 1 N–H and O–H groups in total. The van der Waals surface area contributed by atoms with E-state index in [-0.39, 0.29) is 23.9 Å². The topological polar surface area (TPSA) is 49.4 Å². The van der Waals surface area contributed by atoms with Gasteiger partial charge in [0.25, 0.3) is 0 Å². The van der Waals surface area contributed by atoms with Crippen molar-refractivity contribution >= 4 is 11.8 Å². The lowest BCUT2D eigenvalue weighted by Crippen LogP contribution is -2.63. The summed E-state index contributed by atoms with van der Waals surface area (Å²) in [5.41, 5.74) is 0. The summed E-state index contributed by atoms with van der Waals surface area (Å²) >= 11 is 0. The van der Waals surface area contributed by atoms with E-state index >= 15 is 0 Å². The van der Waals surface area contributed by atoms with E-state index in [1.165, 1.54) is 0 Å². The monoisotopic (exact) mass is 262 g/mol. The van der Waals surface area contributed by atoms with Crippen molar-refractivity contribution in [3.8, 4) is 12.3 Å². The Kier molecular flexibility index (Phi) is 4.47. The van der Waals surface area contributed by atoms with Crippen LogP contribution in [0, 0.1) is 18.3 Å². The highest BCUT2D eigenvalue weighted by Gasteiger charge is 2.45. The Morgan fingerprint density at radius 2 is 2.11 bits per heavy atom. The highest BCUT2D eigenvalue weighted by Crippen LogP contribution is 2.35. The standard InChI is InChI=1S/C15H22N2O2/c1-3-5-6-7-10-17-12(4-2)14(18)16-13(15(17)19)11-8-9-11/h1,11-13H,4-10H2,2H3,(H,16,18). The summed E-state index contributed by atoms with van der Waals surface area (Å²) in [4.78, 5) is 26.3. The summed E-state index contributed by atoms with van der Waals surface area (Å²) in [6.45, 7) is 2.60. The molecule has 1 saturated carbocycles. The van der Waals surface area contributed by atoms with Crippen LogP contribution < -0.4 is 5.32 Å². The fourth-order valence-electron chi connectivity index (χ4n) is 2.72. The van der Waals surface area contributed by atoms with Crippen LogP contribution in [0.5, 0.6) is 0 Å². The zero-order chi connectivity index (χ0) is 13.8. The predicted molar refractivity (Wildman–Crippen MR) is 73.1 cm³/mol. The van der Waals surface area contributed by atoms with E-state index in [0.29, 0.717) is 18.9 Å². The van der Waals surface area contributed by atoms with E-state index in [4.69, 9.17) is 6.42 Å². The molecule has 2 amide bonds. The number of amides is 2. The van der Waals surface area contributed by atoms with Crippen molar-refractivity contribution in [2.75, 3.05) is 6.54 Å². The van der Waals surface area contributed by atoms with Crippen molar-refractivity contribution in [2.24, 2.45) is 5.92 Å². The fourth-order valence-corrected chi connectivity index (χ4v) is 2.72. The van der Waals surface area contributed by atoms with Crippen molar-refractivity contribution < 1.29 is 9.59 Å². The van der Waals surface area contributed by atoms with Crippen molar-refractivity contribution in [3.63, 3.8) is 0 Å². The average molecular weight is 262 g/mol. The molecule has 104 valence electrons. The average Bonchev–Trinajstić information content (AvgIpc) is 3.22. The van der Waals surface area contributed by atoms with Gasteiger partial charge in [-0.25, -0.2) is 0 Å². The largest absolute Gasteiger partial charge is 0.342 e. The first kappa shape index (κ1) is 13.9. The van der Waals surface area contributed by atoms with Gasteiger partial charge in [-0.15, -0.1) is 12.3 Å². The van der Waals surface area contributed by atoms with Crippen molar-refractivity contribution in [2.45, 2.75) is 57.5 Å². The minimum Gasteiger partial charge on any atom is -0.342 e. The van der Waals surface area contributed by atoms with Crippen LogP contribution in [0.4, 0.5) is 0 Å². The molecule has 4 nitrogen and oxygen atoms in total. The minimum atomic E-state index is -0.298. The second kappa shape index (κ2) is 6.10. The summed E-state index contributed by atoms with van der Waals surface area (Å²) in [7, 11) is 0. The number of unbranched alkanes of at least 4 members (excludes halogenated alkanes) is 2. The first-order chi connectivity index (χ1) is 9.19. The van der Waals surface area contributed by atoms with Gasteiger partial charge in [0, 0.05) is 13.0 Å². The van der Waals surface area contributed by atoms with Crippen LogP contribution in [0.3, 0.4) is 0 Å². The molecule has 0 spiro atoms. The summed E-state index contributed by atoms with van der Waals surface area (Å²) in [5.74, 6) is 3.08. The molecule has 1 heterocycles. The van der Waals surface area contributed by atoms with Gasteiger partial charge < -0.3 is 10.2 Å². The maximum Gasteiger partial charge on any atom is 0.246 e. The Bertz CT molecular complexity index is 395. The molecule has 19 heavy (non-hydrogen) atoms. The number of nitrogens with zero attached hydrogens (tertiary/aromatic N) is 1. The Balaban J connectivity index is 1.99. The van der Waals surface area contributed by atoms with Gasteiger partial charge in [0.1, 0.15) is 12.1 Å². The lowest BCUT2D eigenvalue weighted by atomic mass is 10.0. The Morgan fingerprint density at radius 3 is 2.68 bits per heavy atom. The molecular weight excluding hydrogens is 240 g/mol. The molecule has 2 unspecified atom stereocenters. The lowest BCUT2D eigenvalue weighted by molar-refractivity contribution is -0.150. The molecule has 1 aliphatic carbocycles. The second-order valence-electron chi connectivity index (χ2n) is 5.44. The normalized spacial score (nSPS) is 27.1. The van der Waals surface area contributed by atoms with Gasteiger partial charge in [-0.2, -0.15) is 0 Å². The van der Waals surface area contributed by atoms with E-state index in [2.05, 4.69) is 11.2 Å². The van der Waals surface area contributed by atoms with Gasteiger partial charge in [0.2, 0.25) is 11.8 Å². The molecule has 0 bridgehead atoms. The van der Waals surface area contributed by atoms with Crippen LogP contribution in [0.15, 0.2) is 0 Å². The number of carbonyl (C=O) groups is 2. The molecule has 2 aliphatic rings. The Morgan fingerprint density at radius 1 is 1.37 bits per heavy atom. The molecule has 2 fully saturated rings. The van der Waals surface area contributed by atoms with Gasteiger partial charge in [0.15, 0.2) is 0 Å². The van der Waals surface area contributed by atoms with E-state index in [1.54, 1.807) is 4.90 Å². The highest BCUT2D eigenvalue weighted by molar-refractivity contribution is 5.97. The third-order valence-corrected chi connectivity index (χ3v) is 3.98.